The predicted molar refractivity (Wildman–Crippen MR) is 310 cm³/mol. The molecule has 0 spiro atoms. The van der Waals surface area contributed by atoms with Gasteiger partial charge in [0.05, 0.1) is 60.7 Å². The molecule has 3 aromatic heterocycles. The summed E-state index contributed by atoms with van der Waals surface area (Å²) in [5.41, 5.74) is 2.65. The van der Waals surface area contributed by atoms with E-state index in [1.807, 2.05) is 81.4 Å². The number of aliphatic imine (C=N–C) groups is 1. The van der Waals surface area contributed by atoms with Crippen molar-refractivity contribution in [1.29, 1.82) is 0 Å². The standard InChI is InChI=1S/C64H62N8O8S/c1-39(2)44-31-47(40(3)4)58(81(75,76)72-54-28-17-15-22-43(54)34-65-33-42-20-11-9-12-21-42)48(32-44)41(5)30-56-67-36-53(61(70-56)78-7)64(74)49-26-16-18-29-55(49)80-57-46(25-19-27-50(57)64)59-68-37-52(62(71-59)79-8)63(73,45-23-13-10-14-24-45)51-35-66-38-69-60(51)77-6/h9-29,31-32,34-41,72-74H,30,33H2,1-8H3. The van der Waals surface area contributed by atoms with E-state index < -0.39 is 27.1 Å². The van der Waals surface area contributed by atoms with Crippen LogP contribution in [0.1, 0.15) is 119 Å². The number of anilines is 1. The summed E-state index contributed by atoms with van der Waals surface area (Å²) in [5, 5.41) is 26.4. The number of hydrogen-bond donors (Lipinski definition) is 3. The molecule has 10 rings (SSSR count). The lowest BCUT2D eigenvalue weighted by Gasteiger charge is -2.37. The Hall–Kier alpha value is -8.90. The minimum absolute atomic E-state index is 0.0315. The molecule has 0 saturated heterocycles. The van der Waals surface area contributed by atoms with Gasteiger partial charge in [-0.25, -0.2) is 28.4 Å². The van der Waals surface area contributed by atoms with Crippen molar-refractivity contribution < 1.29 is 37.6 Å². The fourth-order valence-corrected chi connectivity index (χ4v) is 12.2. The number of fused-ring (bicyclic) bond motifs is 2. The van der Waals surface area contributed by atoms with E-state index in [4.69, 9.17) is 38.9 Å². The fourth-order valence-electron chi connectivity index (χ4n) is 10.4. The van der Waals surface area contributed by atoms with E-state index in [-0.39, 0.29) is 69.1 Å². The summed E-state index contributed by atoms with van der Waals surface area (Å²) in [6.07, 6.45) is 7.72. The molecule has 1 aliphatic heterocycles. The van der Waals surface area contributed by atoms with E-state index in [2.05, 4.69) is 33.5 Å². The number of rotatable bonds is 19. The van der Waals surface area contributed by atoms with Crippen LogP contribution in [0.15, 0.2) is 174 Å². The van der Waals surface area contributed by atoms with Gasteiger partial charge in [-0.3, -0.25) is 9.71 Å². The molecule has 17 heteroatoms. The maximum Gasteiger partial charge on any atom is 0.262 e. The molecule has 9 aromatic rings. The summed E-state index contributed by atoms with van der Waals surface area (Å²) in [7, 11) is 0.153. The second-order valence-electron chi connectivity index (χ2n) is 20.4. The van der Waals surface area contributed by atoms with Crippen LogP contribution in [0.25, 0.3) is 11.4 Å². The number of methoxy groups -OCH3 is 3. The number of nitrogens with zero attached hydrogens (tertiary/aromatic N) is 7. The van der Waals surface area contributed by atoms with Crippen LogP contribution in [0.5, 0.6) is 29.1 Å². The summed E-state index contributed by atoms with van der Waals surface area (Å²) in [5.74, 6) is 0.848. The number of sulfonamides is 1. The normalized spacial score (nSPS) is 15.1. The van der Waals surface area contributed by atoms with Crippen molar-refractivity contribution in [3.05, 3.63) is 231 Å². The van der Waals surface area contributed by atoms with Crippen molar-refractivity contribution in [3.8, 4) is 40.5 Å². The van der Waals surface area contributed by atoms with E-state index in [1.54, 1.807) is 91.3 Å². The third kappa shape index (κ3) is 10.6. The fraction of sp³-hybridized carbons (Fsp3) is 0.234. The third-order valence-corrected chi connectivity index (χ3v) is 16.1. The van der Waals surface area contributed by atoms with Crippen molar-refractivity contribution >= 4 is 21.9 Å². The third-order valence-electron chi connectivity index (χ3n) is 14.6. The Labute approximate surface area is 471 Å². The van der Waals surface area contributed by atoms with Crippen molar-refractivity contribution in [2.45, 2.75) is 81.4 Å². The molecule has 0 bridgehead atoms. The quantitative estimate of drug-likeness (QED) is 0.0643. The van der Waals surface area contributed by atoms with Crippen LogP contribution >= 0.6 is 0 Å². The largest absolute Gasteiger partial charge is 0.481 e. The number of aromatic nitrogens is 6. The van der Waals surface area contributed by atoms with Crippen LogP contribution in [0.2, 0.25) is 0 Å². The zero-order valence-corrected chi connectivity index (χ0v) is 47.0. The first-order valence-corrected chi connectivity index (χ1v) is 28.0. The molecule has 81 heavy (non-hydrogen) atoms. The van der Waals surface area contributed by atoms with Gasteiger partial charge in [-0.15, -0.1) is 0 Å². The molecular weight excluding hydrogens is 1040 g/mol. The Morgan fingerprint density at radius 1 is 0.691 bits per heavy atom. The Balaban J connectivity index is 1.02. The molecule has 16 nitrogen and oxygen atoms in total. The SMILES string of the molecule is COc1ncncc1C(O)(c1ccccc1)c1cnc(-c2cccc3c2Oc2ccccc2C3(O)c2cnc(CC(C)c3cc(C(C)C)cc(C(C)C)c3S(=O)(=O)Nc3ccccc3C=NCc3ccccc3)nc2OC)nc1OC. The highest BCUT2D eigenvalue weighted by Crippen LogP contribution is 2.54. The van der Waals surface area contributed by atoms with Gasteiger partial charge in [0.1, 0.15) is 23.7 Å². The molecule has 0 fully saturated rings. The maximum absolute atomic E-state index is 15.0. The number of hydrogen-bond acceptors (Lipinski definition) is 15. The van der Waals surface area contributed by atoms with Gasteiger partial charge in [0.15, 0.2) is 17.0 Å². The van der Waals surface area contributed by atoms with E-state index in [9.17, 15) is 10.2 Å². The molecule has 0 aliphatic carbocycles. The lowest BCUT2D eigenvalue weighted by Crippen LogP contribution is -2.33. The van der Waals surface area contributed by atoms with E-state index in [1.165, 1.54) is 40.1 Å². The molecule has 0 saturated carbocycles. The molecular formula is C64H62N8O8S. The lowest BCUT2D eigenvalue weighted by molar-refractivity contribution is 0.108. The minimum atomic E-state index is -4.22. The summed E-state index contributed by atoms with van der Waals surface area (Å²) in [6, 6.07) is 42.4. The number of para-hydroxylation sites is 3. The van der Waals surface area contributed by atoms with Crippen molar-refractivity contribution in [1.82, 2.24) is 29.9 Å². The molecule has 0 radical (unpaired) electrons. The second kappa shape index (κ2) is 23.1. The molecule has 0 amide bonds. The summed E-state index contributed by atoms with van der Waals surface area (Å²) >= 11 is 0. The van der Waals surface area contributed by atoms with E-state index in [0.717, 1.165) is 11.1 Å². The van der Waals surface area contributed by atoms with Gasteiger partial charge in [0.25, 0.3) is 10.0 Å². The van der Waals surface area contributed by atoms with Gasteiger partial charge in [0, 0.05) is 47.9 Å². The summed E-state index contributed by atoms with van der Waals surface area (Å²) in [6.45, 7) is 10.6. The molecule has 3 N–H and O–H groups in total. The van der Waals surface area contributed by atoms with Crippen LogP contribution < -0.4 is 23.7 Å². The Kier molecular flexibility index (Phi) is 15.8. The highest BCUT2D eigenvalue weighted by Gasteiger charge is 2.47. The first kappa shape index (κ1) is 55.4. The molecule has 412 valence electrons. The topological polar surface area (TPSA) is 213 Å². The second-order valence-corrected chi connectivity index (χ2v) is 22.0. The number of nitrogens with one attached hydrogen (secondary N) is 1. The zero-order valence-electron chi connectivity index (χ0n) is 46.2. The first-order chi connectivity index (χ1) is 39.1. The van der Waals surface area contributed by atoms with Crippen LogP contribution in [-0.4, -0.2) is 76.1 Å². The van der Waals surface area contributed by atoms with Crippen molar-refractivity contribution in [2.24, 2.45) is 4.99 Å². The van der Waals surface area contributed by atoms with Crippen LogP contribution in [0, 0.1) is 0 Å². The van der Waals surface area contributed by atoms with Gasteiger partial charge >= 0.3 is 0 Å². The lowest BCUT2D eigenvalue weighted by atomic mass is 9.78. The minimum Gasteiger partial charge on any atom is -0.481 e. The first-order valence-electron chi connectivity index (χ1n) is 26.5. The highest BCUT2D eigenvalue weighted by molar-refractivity contribution is 7.92. The zero-order chi connectivity index (χ0) is 57.1. The van der Waals surface area contributed by atoms with Crippen molar-refractivity contribution in [2.75, 3.05) is 26.1 Å². The van der Waals surface area contributed by atoms with Crippen molar-refractivity contribution in [3.63, 3.8) is 0 Å². The van der Waals surface area contributed by atoms with Crippen LogP contribution in [-0.2, 0) is 34.2 Å². The summed E-state index contributed by atoms with van der Waals surface area (Å²) < 4.78 is 57.3. The Morgan fingerprint density at radius 2 is 1.36 bits per heavy atom. The maximum atomic E-state index is 15.0. The van der Waals surface area contributed by atoms with Crippen LogP contribution in [0.3, 0.4) is 0 Å². The van der Waals surface area contributed by atoms with Gasteiger partial charge < -0.3 is 29.2 Å². The number of benzene rings is 6. The summed E-state index contributed by atoms with van der Waals surface area (Å²) in [4.78, 5) is 32.9. The van der Waals surface area contributed by atoms with Gasteiger partial charge in [-0.1, -0.05) is 156 Å². The van der Waals surface area contributed by atoms with E-state index >= 15 is 8.42 Å². The Morgan fingerprint density at radius 3 is 2.09 bits per heavy atom. The van der Waals surface area contributed by atoms with Crippen LogP contribution in [0.4, 0.5) is 5.69 Å². The molecule has 1 aliphatic rings. The monoisotopic (exact) mass is 1100 g/mol. The molecule has 3 atom stereocenters. The van der Waals surface area contributed by atoms with Gasteiger partial charge in [-0.2, -0.15) is 9.97 Å². The Bertz CT molecular complexity index is 3900. The average Bonchev–Trinajstić information content (AvgIpc) is 2.67. The number of ether oxygens (including phenoxy) is 4. The molecule has 4 heterocycles. The average molecular weight is 1100 g/mol. The van der Waals surface area contributed by atoms with Gasteiger partial charge in [-0.05, 0) is 63.8 Å². The number of aliphatic hydroxyl groups is 2. The smallest absolute Gasteiger partial charge is 0.262 e. The highest BCUT2D eigenvalue weighted by atomic mass is 32.2. The molecule has 6 aromatic carbocycles. The predicted octanol–water partition coefficient (Wildman–Crippen LogP) is 11.4. The van der Waals surface area contributed by atoms with Gasteiger partial charge in [0.2, 0.25) is 17.6 Å². The molecule has 3 unspecified atom stereocenters. The van der Waals surface area contributed by atoms with E-state index in [0.29, 0.717) is 62.8 Å².